The minimum absolute atomic E-state index is 0.0810. The lowest BCUT2D eigenvalue weighted by atomic mass is 10.1. The molecule has 1 rings (SSSR count). The standard InChI is InChI=1S/C5H8O4/c6-4(7)5(8)1-2-9-3-5/h8H,1-3H2,(H,6,7)/t5-/m0/s1. The fourth-order valence-corrected chi connectivity index (χ4v) is 0.723. The molecule has 0 spiro atoms. The van der Waals surface area contributed by atoms with Gasteiger partial charge in [-0.2, -0.15) is 0 Å². The fraction of sp³-hybridized carbons (Fsp3) is 0.800. The summed E-state index contributed by atoms with van der Waals surface area (Å²) in [7, 11) is 0. The number of carboxylic acid groups (broad SMARTS) is 1. The Morgan fingerprint density at radius 2 is 2.33 bits per heavy atom. The maximum Gasteiger partial charge on any atom is 0.338 e. The van der Waals surface area contributed by atoms with Crippen LogP contribution in [0.5, 0.6) is 0 Å². The molecule has 1 fully saturated rings. The Kier molecular flexibility index (Phi) is 1.42. The third-order valence-electron chi connectivity index (χ3n) is 1.40. The van der Waals surface area contributed by atoms with E-state index >= 15 is 0 Å². The Morgan fingerprint density at radius 1 is 1.67 bits per heavy atom. The minimum Gasteiger partial charge on any atom is -0.479 e. The summed E-state index contributed by atoms with van der Waals surface area (Å²) in [6, 6.07) is 0. The second-order valence-corrected chi connectivity index (χ2v) is 2.14. The maximum absolute atomic E-state index is 10.2. The van der Waals surface area contributed by atoms with E-state index < -0.39 is 11.6 Å². The first-order valence-corrected chi connectivity index (χ1v) is 2.69. The Labute approximate surface area is 52.1 Å². The summed E-state index contributed by atoms with van der Waals surface area (Å²) in [6.45, 7) is 0.255. The molecule has 0 aromatic rings. The highest BCUT2D eigenvalue weighted by atomic mass is 16.5. The zero-order valence-corrected chi connectivity index (χ0v) is 4.83. The maximum atomic E-state index is 10.2. The van der Waals surface area contributed by atoms with Crippen molar-refractivity contribution >= 4 is 5.97 Å². The number of carboxylic acids is 1. The number of hydrogen-bond acceptors (Lipinski definition) is 3. The van der Waals surface area contributed by atoms with E-state index in [1.807, 2.05) is 0 Å². The van der Waals surface area contributed by atoms with Crippen molar-refractivity contribution in [3.63, 3.8) is 0 Å². The summed E-state index contributed by atoms with van der Waals surface area (Å²) in [5, 5.41) is 17.4. The highest BCUT2D eigenvalue weighted by Gasteiger charge is 2.39. The highest BCUT2D eigenvalue weighted by Crippen LogP contribution is 2.17. The van der Waals surface area contributed by atoms with Crippen LogP contribution in [0.1, 0.15) is 6.42 Å². The van der Waals surface area contributed by atoms with Crippen LogP contribution in [0.4, 0.5) is 0 Å². The predicted octanol–water partition coefficient (Wildman–Crippen LogP) is -0.778. The van der Waals surface area contributed by atoms with Crippen LogP contribution in [0.15, 0.2) is 0 Å². The Balaban J connectivity index is 2.61. The van der Waals surface area contributed by atoms with Crippen molar-refractivity contribution in [1.82, 2.24) is 0 Å². The molecule has 1 heterocycles. The number of aliphatic hydroxyl groups is 1. The molecule has 0 aromatic heterocycles. The quantitative estimate of drug-likeness (QED) is 0.491. The van der Waals surface area contributed by atoms with Crippen molar-refractivity contribution in [3.05, 3.63) is 0 Å². The second-order valence-electron chi connectivity index (χ2n) is 2.14. The topological polar surface area (TPSA) is 66.8 Å². The van der Waals surface area contributed by atoms with E-state index in [2.05, 4.69) is 0 Å². The van der Waals surface area contributed by atoms with Crippen molar-refractivity contribution < 1.29 is 19.7 Å². The molecule has 0 unspecified atom stereocenters. The van der Waals surface area contributed by atoms with E-state index in [1.54, 1.807) is 0 Å². The van der Waals surface area contributed by atoms with Gasteiger partial charge in [0.05, 0.1) is 13.2 Å². The van der Waals surface area contributed by atoms with Crippen LogP contribution in [-0.4, -0.2) is 35.0 Å². The van der Waals surface area contributed by atoms with Crippen LogP contribution in [0.3, 0.4) is 0 Å². The van der Waals surface area contributed by atoms with Crippen LogP contribution >= 0.6 is 0 Å². The molecule has 4 heteroatoms. The van der Waals surface area contributed by atoms with Crippen molar-refractivity contribution in [1.29, 1.82) is 0 Å². The smallest absolute Gasteiger partial charge is 0.338 e. The fourth-order valence-electron chi connectivity index (χ4n) is 0.723. The van der Waals surface area contributed by atoms with Gasteiger partial charge in [0.1, 0.15) is 0 Å². The molecule has 9 heavy (non-hydrogen) atoms. The van der Waals surface area contributed by atoms with E-state index in [0.29, 0.717) is 6.61 Å². The van der Waals surface area contributed by atoms with Gasteiger partial charge in [-0.15, -0.1) is 0 Å². The Hall–Kier alpha value is -0.610. The van der Waals surface area contributed by atoms with Gasteiger partial charge in [0.2, 0.25) is 0 Å². The van der Waals surface area contributed by atoms with E-state index in [-0.39, 0.29) is 13.0 Å². The summed E-state index contributed by atoms with van der Waals surface area (Å²) in [6.07, 6.45) is 0.197. The number of aliphatic carboxylic acids is 1. The SMILES string of the molecule is O=C(O)[C@]1(O)CCOC1. The second kappa shape index (κ2) is 1.97. The molecule has 1 atom stereocenters. The first-order chi connectivity index (χ1) is 4.15. The van der Waals surface area contributed by atoms with Gasteiger partial charge in [-0.3, -0.25) is 0 Å². The number of hydrogen-bond donors (Lipinski definition) is 2. The summed E-state index contributed by atoms with van der Waals surface area (Å²) in [5.41, 5.74) is -1.61. The molecule has 0 radical (unpaired) electrons. The monoisotopic (exact) mass is 132 g/mol. The summed E-state index contributed by atoms with van der Waals surface area (Å²) in [5.74, 6) is -1.19. The van der Waals surface area contributed by atoms with Gasteiger partial charge in [-0.1, -0.05) is 0 Å². The molecule has 0 bridgehead atoms. The lowest BCUT2D eigenvalue weighted by Crippen LogP contribution is -2.38. The molecule has 52 valence electrons. The summed E-state index contributed by atoms with van der Waals surface area (Å²) in [4.78, 5) is 10.2. The van der Waals surface area contributed by atoms with Crippen LogP contribution in [0.2, 0.25) is 0 Å². The van der Waals surface area contributed by atoms with Crippen molar-refractivity contribution in [2.75, 3.05) is 13.2 Å². The summed E-state index contributed by atoms with van der Waals surface area (Å²) >= 11 is 0. The lowest BCUT2D eigenvalue weighted by Gasteiger charge is -2.12. The van der Waals surface area contributed by atoms with E-state index in [1.165, 1.54) is 0 Å². The van der Waals surface area contributed by atoms with Gasteiger partial charge >= 0.3 is 5.97 Å². The Bertz CT molecular complexity index is 125. The molecule has 0 aromatic carbocycles. The van der Waals surface area contributed by atoms with Crippen molar-refractivity contribution in [2.45, 2.75) is 12.0 Å². The van der Waals surface area contributed by atoms with Crippen LogP contribution in [-0.2, 0) is 9.53 Å². The third kappa shape index (κ3) is 1.04. The van der Waals surface area contributed by atoms with Crippen LogP contribution in [0, 0.1) is 0 Å². The first-order valence-electron chi connectivity index (χ1n) is 2.69. The molecule has 2 N–H and O–H groups in total. The molecule has 1 aliphatic heterocycles. The van der Waals surface area contributed by atoms with E-state index in [0.717, 1.165) is 0 Å². The van der Waals surface area contributed by atoms with Crippen molar-refractivity contribution in [2.24, 2.45) is 0 Å². The summed E-state index contributed by atoms with van der Waals surface area (Å²) < 4.78 is 4.69. The lowest BCUT2D eigenvalue weighted by molar-refractivity contribution is -0.158. The Morgan fingerprint density at radius 3 is 2.56 bits per heavy atom. The molecular weight excluding hydrogens is 124 g/mol. The average molecular weight is 132 g/mol. The minimum atomic E-state index is -1.61. The largest absolute Gasteiger partial charge is 0.479 e. The van der Waals surface area contributed by atoms with Gasteiger partial charge < -0.3 is 14.9 Å². The molecule has 4 nitrogen and oxygen atoms in total. The number of rotatable bonds is 1. The van der Waals surface area contributed by atoms with Crippen LogP contribution in [0.25, 0.3) is 0 Å². The van der Waals surface area contributed by atoms with Gasteiger partial charge in [0.15, 0.2) is 5.60 Å². The zero-order chi connectivity index (χ0) is 6.91. The van der Waals surface area contributed by atoms with Gasteiger partial charge in [0, 0.05) is 6.42 Å². The first kappa shape index (κ1) is 6.51. The van der Waals surface area contributed by atoms with Crippen molar-refractivity contribution in [3.8, 4) is 0 Å². The molecule has 0 saturated carbocycles. The number of ether oxygens (including phenoxy) is 1. The highest BCUT2D eigenvalue weighted by molar-refractivity contribution is 5.77. The van der Waals surface area contributed by atoms with Gasteiger partial charge in [-0.05, 0) is 0 Å². The molecule has 1 aliphatic rings. The average Bonchev–Trinajstić information content (AvgIpc) is 2.16. The van der Waals surface area contributed by atoms with Gasteiger partial charge in [-0.25, -0.2) is 4.79 Å². The molecule has 0 amide bonds. The van der Waals surface area contributed by atoms with Crippen LogP contribution < -0.4 is 0 Å². The molecule has 1 saturated heterocycles. The third-order valence-corrected chi connectivity index (χ3v) is 1.40. The molecule has 0 aliphatic carbocycles. The molecular formula is C5H8O4. The normalized spacial score (nSPS) is 34.8. The van der Waals surface area contributed by atoms with E-state index in [4.69, 9.17) is 14.9 Å². The number of carbonyl (C=O) groups is 1. The van der Waals surface area contributed by atoms with E-state index in [9.17, 15) is 4.79 Å². The van der Waals surface area contributed by atoms with Gasteiger partial charge in [0.25, 0.3) is 0 Å². The predicted molar refractivity (Wildman–Crippen MR) is 28.0 cm³/mol. The zero-order valence-electron chi connectivity index (χ0n) is 4.83.